The third kappa shape index (κ3) is 2.97. The van der Waals surface area contributed by atoms with Gasteiger partial charge in [0.1, 0.15) is 6.04 Å². The van der Waals surface area contributed by atoms with Crippen molar-refractivity contribution in [1.29, 1.82) is 0 Å². The van der Waals surface area contributed by atoms with Gasteiger partial charge in [0.05, 0.1) is 6.04 Å². The van der Waals surface area contributed by atoms with Gasteiger partial charge in [-0.1, -0.05) is 6.92 Å². The smallest absolute Gasteiger partial charge is 0.242 e. The summed E-state index contributed by atoms with van der Waals surface area (Å²) in [6, 6.07) is -0.481. The first kappa shape index (κ1) is 12.4. The summed E-state index contributed by atoms with van der Waals surface area (Å²) in [7, 11) is 0. The predicted octanol–water partition coefficient (Wildman–Crippen LogP) is -0.231. The second-order valence-corrected chi connectivity index (χ2v) is 5.05. The van der Waals surface area contributed by atoms with Crippen molar-refractivity contribution in [2.75, 3.05) is 13.1 Å². The number of carbonyl (C=O) groups excluding carboxylic acids is 2. The second-order valence-electron chi connectivity index (χ2n) is 5.05. The summed E-state index contributed by atoms with van der Waals surface area (Å²) in [6.07, 6.45) is 3.75. The molecule has 0 aliphatic carbocycles. The molecule has 2 aliphatic rings. The van der Waals surface area contributed by atoms with E-state index >= 15 is 0 Å². The average Bonchev–Trinajstić information content (AvgIpc) is 2.63. The Morgan fingerprint density at radius 3 is 2.82 bits per heavy atom. The van der Waals surface area contributed by atoms with E-state index in [2.05, 4.69) is 22.9 Å². The lowest BCUT2D eigenvalue weighted by molar-refractivity contribution is -0.130. The number of rotatable bonds is 2. The number of carbonyl (C=O) groups is 2. The van der Waals surface area contributed by atoms with Crippen molar-refractivity contribution in [2.24, 2.45) is 5.92 Å². The molecule has 0 bridgehead atoms. The van der Waals surface area contributed by atoms with E-state index < -0.39 is 0 Å². The Balaban J connectivity index is 1.90. The lowest BCUT2D eigenvalue weighted by atomic mass is 10.0. The van der Waals surface area contributed by atoms with E-state index in [9.17, 15) is 9.59 Å². The van der Waals surface area contributed by atoms with E-state index in [1.807, 2.05) is 0 Å². The first-order valence-electron chi connectivity index (χ1n) is 6.50. The summed E-state index contributed by atoms with van der Waals surface area (Å²) in [4.78, 5) is 23.7. The summed E-state index contributed by atoms with van der Waals surface area (Å²) < 4.78 is 0. The van der Waals surface area contributed by atoms with Crippen LogP contribution in [0.15, 0.2) is 0 Å². The molecule has 2 saturated heterocycles. The van der Waals surface area contributed by atoms with Gasteiger partial charge in [-0.3, -0.25) is 9.59 Å². The molecule has 0 spiro atoms. The molecule has 96 valence electrons. The van der Waals surface area contributed by atoms with Crippen molar-refractivity contribution >= 4 is 11.8 Å². The molecule has 5 nitrogen and oxygen atoms in total. The summed E-state index contributed by atoms with van der Waals surface area (Å²) in [6.45, 7) is 3.68. The molecule has 5 heteroatoms. The quantitative estimate of drug-likeness (QED) is 0.623. The minimum Gasteiger partial charge on any atom is -0.354 e. The SMILES string of the molecule is CC1CCNC1C(=O)NC1CCCCNC1=O. The van der Waals surface area contributed by atoms with Gasteiger partial charge in [-0.25, -0.2) is 0 Å². The summed E-state index contributed by atoms with van der Waals surface area (Å²) >= 11 is 0. The standard InChI is InChI=1S/C12H21N3O2/c1-8-5-7-13-10(8)12(17)15-9-4-2-3-6-14-11(9)16/h8-10,13H,2-7H2,1H3,(H,14,16)(H,15,17). The van der Waals surface area contributed by atoms with Crippen LogP contribution in [-0.2, 0) is 9.59 Å². The fraction of sp³-hybridized carbons (Fsp3) is 0.833. The fourth-order valence-electron chi connectivity index (χ4n) is 2.52. The Bertz CT molecular complexity index is 306. The highest BCUT2D eigenvalue weighted by Gasteiger charge is 2.32. The van der Waals surface area contributed by atoms with Crippen LogP contribution in [0.25, 0.3) is 0 Å². The van der Waals surface area contributed by atoms with Crippen molar-refractivity contribution < 1.29 is 9.59 Å². The summed E-state index contributed by atoms with van der Waals surface area (Å²) in [5, 5.41) is 8.88. The Labute approximate surface area is 102 Å². The molecule has 2 amide bonds. The number of hydrogen-bond acceptors (Lipinski definition) is 3. The Morgan fingerprint density at radius 1 is 1.29 bits per heavy atom. The lowest BCUT2D eigenvalue weighted by Gasteiger charge is -2.20. The first-order valence-corrected chi connectivity index (χ1v) is 6.50. The fourth-order valence-corrected chi connectivity index (χ4v) is 2.52. The molecule has 17 heavy (non-hydrogen) atoms. The lowest BCUT2D eigenvalue weighted by Crippen LogP contribution is -2.51. The van der Waals surface area contributed by atoms with Crippen LogP contribution in [-0.4, -0.2) is 37.0 Å². The zero-order chi connectivity index (χ0) is 12.3. The highest BCUT2D eigenvalue weighted by atomic mass is 16.2. The number of hydrogen-bond donors (Lipinski definition) is 3. The molecule has 0 saturated carbocycles. The molecular weight excluding hydrogens is 218 g/mol. The van der Waals surface area contributed by atoms with Gasteiger partial charge in [0.2, 0.25) is 11.8 Å². The second kappa shape index (κ2) is 5.49. The highest BCUT2D eigenvalue weighted by molar-refractivity contribution is 5.90. The zero-order valence-electron chi connectivity index (χ0n) is 10.3. The van der Waals surface area contributed by atoms with E-state index in [1.165, 1.54) is 0 Å². The molecule has 0 aromatic rings. The van der Waals surface area contributed by atoms with Crippen LogP contribution >= 0.6 is 0 Å². The van der Waals surface area contributed by atoms with Gasteiger partial charge in [0.25, 0.3) is 0 Å². The van der Waals surface area contributed by atoms with E-state index in [4.69, 9.17) is 0 Å². The maximum atomic E-state index is 12.0. The predicted molar refractivity (Wildman–Crippen MR) is 64.4 cm³/mol. The van der Waals surface area contributed by atoms with Crippen LogP contribution < -0.4 is 16.0 Å². The van der Waals surface area contributed by atoms with E-state index in [0.717, 1.165) is 38.8 Å². The molecular formula is C12H21N3O2. The Morgan fingerprint density at radius 2 is 2.12 bits per heavy atom. The van der Waals surface area contributed by atoms with E-state index in [1.54, 1.807) is 0 Å². The monoisotopic (exact) mass is 239 g/mol. The van der Waals surface area contributed by atoms with Gasteiger partial charge >= 0.3 is 0 Å². The molecule has 0 aromatic heterocycles. The minimum atomic E-state index is -0.348. The van der Waals surface area contributed by atoms with Crippen molar-refractivity contribution in [2.45, 2.75) is 44.7 Å². The van der Waals surface area contributed by atoms with Crippen LogP contribution in [0.1, 0.15) is 32.6 Å². The molecule has 0 aromatic carbocycles. The van der Waals surface area contributed by atoms with Crippen molar-refractivity contribution in [3.05, 3.63) is 0 Å². The molecule has 0 radical (unpaired) electrons. The van der Waals surface area contributed by atoms with E-state index in [0.29, 0.717) is 5.92 Å². The molecule has 2 aliphatic heterocycles. The van der Waals surface area contributed by atoms with Gasteiger partial charge in [0, 0.05) is 6.54 Å². The van der Waals surface area contributed by atoms with Crippen LogP contribution in [0.3, 0.4) is 0 Å². The largest absolute Gasteiger partial charge is 0.354 e. The van der Waals surface area contributed by atoms with Gasteiger partial charge in [-0.2, -0.15) is 0 Å². The van der Waals surface area contributed by atoms with Crippen molar-refractivity contribution in [3.63, 3.8) is 0 Å². The number of nitrogens with one attached hydrogen (secondary N) is 3. The average molecular weight is 239 g/mol. The molecule has 3 atom stereocenters. The number of amides is 2. The molecule has 3 unspecified atom stereocenters. The van der Waals surface area contributed by atoms with Gasteiger partial charge in [0.15, 0.2) is 0 Å². The molecule has 3 N–H and O–H groups in total. The molecule has 2 fully saturated rings. The molecule has 2 rings (SSSR count). The summed E-state index contributed by atoms with van der Waals surface area (Å²) in [5.41, 5.74) is 0. The van der Waals surface area contributed by atoms with Crippen LogP contribution in [0, 0.1) is 5.92 Å². The van der Waals surface area contributed by atoms with Crippen LogP contribution in [0.2, 0.25) is 0 Å². The zero-order valence-corrected chi connectivity index (χ0v) is 10.3. The topological polar surface area (TPSA) is 70.2 Å². The molecule has 2 heterocycles. The van der Waals surface area contributed by atoms with Crippen LogP contribution in [0.4, 0.5) is 0 Å². The third-order valence-corrected chi connectivity index (χ3v) is 3.67. The van der Waals surface area contributed by atoms with Crippen molar-refractivity contribution in [3.8, 4) is 0 Å². The van der Waals surface area contributed by atoms with Gasteiger partial charge in [-0.05, 0) is 38.1 Å². The Kier molecular flexibility index (Phi) is 3.99. The maximum Gasteiger partial charge on any atom is 0.242 e. The maximum absolute atomic E-state index is 12.0. The van der Waals surface area contributed by atoms with Gasteiger partial charge < -0.3 is 16.0 Å². The van der Waals surface area contributed by atoms with Gasteiger partial charge in [-0.15, -0.1) is 0 Å². The summed E-state index contributed by atoms with van der Waals surface area (Å²) in [5.74, 6) is 0.280. The minimum absolute atomic E-state index is 0.0305. The van der Waals surface area contributed by atoms with Crippen molar-refractivity contribution in [1.82, 2.24) is 16.0 Å². The Hall–Kier alpha value is -1.10. The first-order chi connectivity index (χ1) is 8.18. The highest BCUT2D eigenvalue weighted by Crippen LogP contribution is 2.15. The normalized spacial score (nSPS) is 33.9. The van der Waals surface area contributed by atoms with Crippen LogP contribution in [0.5, 0.6) is 0 Å². The van der Waals surface area contributed by atoms with E-state index in [-0.39, 0.29) is 23.9 Å². The third-order valence-electron chi connectivity index (χ3n) is 3.67.